The van der Waals surface area contributed by atoms with Crippen molar-refractivity contribution in [3.05, 3.63) is 23.8 Å². The maximum Gasteiger partial charge on any atom is 0.410 e. The van der Waals surface area contributed by atoms with Gasteiger partial charge in [-0.3, -0.25) is 14.9 Å². The molecule has 10 nitrogen and oxygen atoms in total. The molecule has 1 aromatic rings. The Balaban J connectivity index is 0.832. The molecule has 2 atom stereocenters. The molecule has 49 heavy (non-hydrogen) atoms. The van der Waals surface area contributed by atoms with Gasteiger partial charge in [-0.1, -0.05) is 0 Å². The number of fused-ring (bicyclic) bond motifs is 1. The number of aromatic nitrogens is 2. The average molecular weight is 682 g/mol. The first kappa shape index (κ1) is 36.9. The summed E-state index contributed by atoms with van der Waals surface area (Å²) in [6, 6.07) is 1.59. The molecule has 276 valence electrons. The van der Waals surface area contributed by atoms with Gasteiger partial charge in [0.25, 0.3) is 0 Å². The highest BCUT2D eigenvalue weighted by Crippen LogP contribution is 2.42. The SMILES string of the molecule is CC(C)N1CCC2(CCN(C(=O)OC(C)(C)CCC(C)N3CCC4(CCN(CCOCCC(C)N5Cc6nccnc6C5)C4)CC3)C2)CC1. The third-order valence-corrected chi connectivity index (χ3v) is 13.2. The van der Waals surface area contributed by atoms with Gasteiger partial charge in [0.1, 0.15) is 5.60 Å². The van der Waals surface area contributed by atoms with Crippen LogP contribution in [0.2, 0.25) is 0 Å². The predicted molar refractivity (Wildman–Crippen MR) is 194 cm³/mol. The van der Waals surface area contributed by atoms with Crippen LogP contribution in [0.1, 0.15) is 111 Å². The average Bonchev–Trinajstić information content (AvgIpc) is 3.81. The molecule has 6 rings (SSSR count). The van der Waals surface area contributed by atoms with Gasteiger partial charge < -0.3 is 29.1 Å². The Morgan fingerprint density at radius 3 is 1.98 bits per heavy atom. The molecule has 0 saturated carbocycles. The summed E-state index contributed by atoms with van der Waals surface area (Å²) in [5, 5.41) is 0. The summed E-state index contributed by atoms with van der Waals surface area (Å²) in [6.45, 7) is 26.8. The van der Waals surface area contributed by atoms with E-state index in [1.165, 1.54) is 58.3 Å². The Kier molecular flexibility index (Phi) is 11.9. The van der Waals surface area contributed by atoms with Crippen LogP contribution in [-0.2, 0) is 22.6 Å². The molecule has 5 aliphatic heterocycles. The molecule has 0 aliphatic carbocycles. The zero-order valence-corrected chi connectivity index (χ0v) is 31.8. The largest absolute Gasteiger partial charge is 0.443 e. The van der Waals surface area contributed by atoms with Gasteiger partial charge in [-0.2, -0.15) is 0 Å². The zero-order chi connectivity index (χ0) is 34.6. The Labute approximate surface area is 297 Å². The van der Waals surface area contributed by atoms with Crippen LogP contribution in [0.3, 0.4) is 0 Å². The van der Waals surface area contributed by atoms with Gasteiger partial charge in [0, 0.05) is 76.4 Å². The molecule has 0 aromatic carbocycles. The highest BCUT2D eigenvalue weighted by Gasteiger charge is 2.44. The van der Waals surface area contributed by atoms with Crippen molar-refractivity contribution in [3.8, 4) is 0 Å². The Bertz CT molecular complexity index is 1200. The van der Waals surface area contributed by atoms with Crippen LogP contribution in [0.25, 0.3) is 0 Å². The molecule has 1 aromatic heterocycles. The van der Waals surface area contributed by atoms with Crippen molar-refractivity contribution in [2.45, 2.75) is 136 Å². The van der Waals surface area contributed by atoms with Crippen LogP contribution >= 0.6 is 0 Å². The van der Waals surface area contributed by atoms with Crippen molar-refractivity contribution < 1.29 is 14.3 Å². The van der Waals surface area contributed by atoms with Crippen LogP contribution in [0.15, 0.2) is 12.4 Å². The molecule has 0 N–H and O–H groups in total. The fourth-order valence-corrected chi connectivity index (χ4v) is 9.31. The van der Waals surface area contributed by atoms with Gasteiger partial charge in [0.2, 0.25) is 0 Å². The molecule has 2 unspecified atom stereocenters. The van der Waals surface area contributed by atoms with Crippen molar-refractivity contribution in [2.24, 2.45) is 10.8 Å². The van der Waals surface area contributed by atoms with Crippen molar-refractivity contribution in [3.63, 3.8) is 0 Å². The number of carbonyl (C=O) groups excluding carboxylic acids is 1. The zero-order valence-electron chi connectivity index (χ0n) is 31.8. The predicted octanol–water partition coefficient (Wildman–Crippen LogP) is 5.66. The first-order valence-corrected chi connectivity index (χ1v) is 19.7. The maximum absolute atomic E-state index is 13.3. The van der Waals surface area contributed by atoms with Gasteiger partial charge in [-0.15, -0.1) is 0 Å². The number of amides is 1. The Morgan fingerprint density at radius 2 is 1.33 bits per heavy atom. The number of nitrogens with zero attached hydrogens (tertiary/aromatic N) is 7. The van der Waals surface area contributed by atoms with Gasteiger partial charge in [-0.05, 0) is 143 Å². The summed E-state index contributed by atoms with van der Waals surface area (Å²) in [5.41, 5.74) is 2.59. The first-order valence-electron chi connectivity index (χ1n) is 19.7. The van der Waals surface area contributed by atoms with Crippen molar-refractivity contribution in [1.82, 2.24) is 34.5 Å². The quantitative estimate of drug-likeness (QED) is 0.246. The molecular weight excluding hydrogens is 614 g/mol. The smallest absolute Gasteiger partial charge is 0.410 e. The van der Waals surface area contributed by atoms with E-state index < -0.39 is 5.60 Å². The monoisotopic (exact) mass is 682 g/mol. The highest BCUT2D eigenvalue weighted by molar-refractivity contribution is 5.68. The number of ether oxygens (including phenoxy) is 2. The number of rotatable bonds is 13. The number of carbonyl (C=O) groups is 1. The van der Waals surface area contributed by atoms with E-state index in [9.17, 15) is 4.79 Å². The van der Waals surface area contributed by atoms with Gasteiger partial charge in [-0.25, -0.2) is 4.79 Å². The van der Waals surface area contributed by atoms with Crippen LogP contribution in [0.4, 0.5) is 4.79 Å². The Hall–Kier alpha value is -1.85. The van der Waals surface area contributed by atoms with E-state index in [0.29, 0.717) is 29.0 Å². The number of likely N-dealkylation sites (tertiary alicyclic amines) is 4. The third-order valence-electron chi connectivity index (χ3n) is 13.2. The van der Waals surface area contributed by atoms with Gasteiger partial charge in [0.15, 0.2) is 0 Å². The topological polar surface area (TPSA) is 77.5 Å². The van der Waals surface area contributed by atoms with Crippen LogP contribution in [-0.4, -0.2) is 136 Å². The molecule has 5 aliphatic rings. The van der Waals surface area contributed by atoms with Crippen LogP contribution < -0.4 is 0 Å². The molecule has 0 bridgehead atoms. The second-order valence-corrected chi connectivity index (χ2v) is 17.5. The second-order valence-electron chi connectivity index (χ2n) is 17.5. The van der Waals surface area contributed by atoms with E-state index >= 15 is 0 Å². The lowest BCUT2D eigenvalue weighted by Crippen LogP contribution is -2.46. The molecular formula is C39H67N7O3. The third kappa shape index (κ3) is 9.34. The van der Waals surface area contributed by atoms with E-state index in [-0.39, 0.29) is 6.09 Å². The van der Waals surface area contributed by atoms with Gasteiger partial charge in [0.05, 0.1) is 18.0 Å². The summed E-state index contributed by atoms with van der Waals surface area (Å²) < 4.78 is 12.3. The van der Waals surface area contributed by atoms with E-state index in [0.717, 1.165) is 96.1 Å². The van der Waals surface area contributed by atoms with E-state index in [1.807, 2.05) is 4.90 Å². The Morgan fingerprint density at radius 1 is 0.755 bits per heavy atom. The summed E-state index contributed by atoms with van der Waals surface area (Å²) in [6.07, 6.45) is 13.9. The van der Waals surface area contributed by atoms with Crippen molar-refractivity contribution in [1.29, 1.82) is 0 Å². The van der Waals surface area contributed by atoms with Crippen LogP contribution in [0.5, 0.6) is 0 Å². The lowest BCUT2D eigenvalue weighted by Gasteiger charge is -2.42. The minimum Gasteiger partial charge on any atom is -0.443 e. The normalized spacial score (nSPS) is 24.7. The highest BCUT2D eigenvalue weighted by atomic mass is 16.6. The minimum atomic E-state index is -0.444. The number of hydrogen-bond acceptors (Lipinski definition) is 9. The lowest BCUT2D eigenvalue weighted by atomic mass is 9.77. The number of hydrogen-bond donors (Lipinski definition) is 0. The molecule has 2 spiro atoms. The summed E-state index contributed by atoms with van der Waals surface area (Å²) in [5.74, 6) is 0. The molecule has 4 fully saturated rings. The number of piperidine rings is 2. The van der Waals surface area contributed by atoms with Crippen molar-refractivity contribution in [2.75, 3.05) is 72.1 Å². The first-order chi connectivity index (χ1) is 23.4. The fourth-order valence-electron chi connectivity index (χ4n) is 9.31. The maximum atomic E-state index is 13.3. The standard InChI is InChI=1S/C39H67N7O3/c1-31(2)43-19-11-39(12-20-43)15-23-45(30-39)36(47)49-37(5,6)9-7-32(3)44-21-13-38(14-22-44)10-18-42(29-38)24-26-48-25-8-33(4)46-27-34-35(28-46)41-17-16-40-34/h16-17,31-33H,7-15,18-30H2,1-6H3. The van der Waals surface area contributed by atoms with E-state index in [2.05, 4.69) is 71.1 Å². The van der Waals surface area contributed by atoms with E-state index in [4.69, 9.17) is 9.47 Å². The van der Waals surface area contributed by atoms with Crippen LogP contribution in [0, 0.1) is 10.8 Å². The van der Waals surface area contributed by atoms with Gasteiger partial charge >= 0.3 is 6.09 Å². The lowest BCUT2D eigenvalue weighted by molar-refractivity contribution is 0.000132. The summed E-state index contributed by atoms with van der Waals surface area (Å²) >= 11 is 0. The molecule has 1 amide bonds. The molecule has 10 heteroatoms. The molecule has 6 heterocycles. The molecule has 4 saturated heterocycles. The van der Waals surface area contributed by atoms with Crippen molar-refractivity contribution >= 4 is 6.09 Å². The van der Waals surface area contributed by atoms with E-state index in [1.54, 1.807) is 12.4 Å². The minimum absolute atomic E-state index is 0.101. The summed E-state index contributed by atoms with van der Waals surface area (Å²) in [4.78, 5) is 34.6. The molecule has 0 radical (unpaired) electrons. The fraction of sp³-hybridized carbons (Fsp3) is 0.872. The summed E-state index contributed by atoms with van der Waals surface area (Å²) in [7, 11) is 0. The second kappa shape index (κ2) is 15.8.